The Labute approximate surface area is 131 Å². The SMILES string of the molecule is C[C@@H]1CC[C@@H](N)N1Cc1sc(N)nc1-c1csc(Cl)c1. The van der Waals surface area contributed by atoms with Crippen LogP contribution in [0.2, 0.25) is 4.34 Å². The Morgan fingerprint density at radius 2 is 2.30 bits per heavy atom. The second-order valence-electron chi connectivity index (χ2n) is 5.13. The highest BCUT2D eigenvalue weighted by atomic mass is 35.5. The Morgan fingerprint density at radius 1 is 1.50 bits per heavy atom. The van der Waals surface area contributed by atoms with Crippen LogP contribution in [0.1, 0.15) is 24.6 Å². The number of likely N-dealkylation sites (tertiary alicyclic amines) is 1. The normalized spacial score (nSPS) is 23.6. The number of hydrogen-bond acceptors (Lipinski definition) is 6. The van der Waals surface area contributed by atoms with Crippen molar-refractivity contribution in [3.8, 4) is 11.3 Å². The Morgan fingerprint density at radius 3 is 2.90 bits per heavy atom. The van der Waals surface area contributed by atoms with Crippen molar-refractivity contribution in [2.24, 2.45) is 5.73 Å². The van der Waals surface area contributed by atoms with Gasteiger partial charge in [0.05, 0.1) is 16.2 Å². The standard InChI is InChI=1S/C13H17ClN4S2/c1-7-2-3-11(15)18(7)5-9-12(17-13(16)20-9)8-4-10(14)19-6-8/h4,6-7,11H,2-3,5,15H2,1H3,(H2,16,17)/t7-,11+/m1/s1. The molecule has 4 nitrogen and oxygen atoms in total. The van der Waals surface area contributed by atoms with Crippen molar-refractivity contribution in [2.45, 2.75) is 38.5 Å². The molecule has 1 aliphatic rings. The third-order valence-electron chi connectivity index (χ3n) is 3.75. The van der Waals surface area contributed by atoms with Crippen molar-refractivity contribution in [2.75, 3.05) is 5.73 Å². The molecule has 1 fully saturated rings. The summed E-state index contributed by atoms with van der Waals surface area (Å²) in [6.07, 6.45) is 2.33. The molecule has 0 aliphatic carbocycles. The lowest BCUT2D eigenvalue weighted by Gasteiger charge is -2.25. The number of hydrogen-bond donors (Lipinski definition) is 2. The summed E-state index contributed by atoms with van der Waals surface area (Å²) < 4.78 is 0.767. The van der Waals surface area contributed by atoms with Crippen LogP contribution in [0.25, 0.3) is 11.3 Å². The largest absolute Gasteiger partial charge is 0.375 e. The quantitative estimate of drug-likeness (QED) is 0.906. The predicted octanol–water partition coefficient (Wildman–Crippen LogP) is 3.38. The molecule has 0 radical (unpaired) electrons. The molecule has 7 heteroatoms. The van der Waals surface area contributed by atoms with E-state index in [1.165, 1.54) is 16.2 Å². The van der Waals surface area contributed by atoms with Crippen molar-refractivity contribution in [1.82, 2.24) is 9.88 Å². The van der Waals surface area contributed by atoms with Gasteiger partial charge in [-0.25, -0.2) is 4.98 Å². The third-order valence-corrected chi connectivity index (χ3v) is 5.71. The van der Waals surface area contributed by atoms with Crippen LogP contribution in [0, 0.1) is 0 Å². The molecule has 2 aromatic rings. The third kappa shape index (κ3) is 2.71. The molecule has 0 spiro atoms. The van der Waals surface area contributed by atoms with Gasteiger partial charge in [0.25, 0.3) is 0 Å². The number of nitrogen functional groups attached to an aromatic ring is 1. The Balaban J connectivity index is 1.90. The van der Waals surface area contributed by atoms with Crippen LogP contribution in [0.3, 0.4) is 0 Å². The second kappa shape index (κ2) is 5.61. The number of nitrogens with zero attached hydrogens (tertiary/aromatic N) is 2. The molecule has 0 unspecified atom stereocenters. The van der Waals surface area contributed by atoms with Crippen LogP contribution in [-0.2, 0) is 6.54 Å². The fourth-order valence-corrected chi connectivity index (χ4v) is 4.37. The monoisotopic (exact) mass is 328 g/mol. The summed E-state index contributed by atoms with van der Waals surface area (Å²) in [5, 5.41) is 2.62. The molecule has 0 aromatic carbocycles. The van der Waals surface area contributed by atoms with Crippen LogP contribution in [0.5, 0.6) is 0 Å². The minimum Gasteiger partial charge on any atom is -0.375 e. The van der Waals surface area contributed by atoms with Gasteiger partial charge >= 0.3 is 0 Å². The van der Waals surface area contributed by atoms with Crippen molar-refractivity contribution in [3.05, 3.63) is 20.7 Å². The molecule has 0 saturated carbocycles. The zero-order valence-corrected chi connectivity index (χ0v) is 13.6. The first-order valence-corrected chi connectivity index (χ1v) is 8.63. The number of thiazole rings is 1. The van der Waals surface area contributed by atoms with Gasteiger partial charge in [0.1, 0.15) is 0 Å². The summed E-state index contributed by atoms with van der Waals surface area (Å²) in [7, 11) is 0. The number of thiophene rings is 1. The summed E-state index contributed by atoms with van der Waals surface area (Å²) in [6, 6.07) is 2.45. The lowest BCUT2D eigenvalue weighted by molar-refractivity contribution is 0.199. The lowest BCUT2D eigenvalue weighted by Crippen LogP contribution is -2.39. The molecule has 0 bridgehead atoms. The molecule has 20 heavy (non-hydrogen) atoms. The van der Waals surface area contributed by atoms with Gasteiger partial charge in [0.2, 0.25) is 0 Å². The maximum atomic E-state index is 6.18. The van der Waals surface area contributed by atoms with Crippen LogP contribution in [0.15, 0.2) is 11.4 Å². The fraction of sp³-hybridized carbons (Fsp3) is 0.462. The van der Waals surface area contributed by atoms with Gasteiger partial charge < -0.3 is 11.5 Å². The smallest absolute Gasteiger partial charge is 0.180 e. The Kier molecular flexibility index (Phi) is 4.01. The topological polar surface area (TPSA) is 68.2 Å². The van der Waals surface area contributed by atoms with Crippen molar-refractivity contribution >= 4 is 39.4 Å². The molecule has 3 heterocycles. The first-order chi connectivity index (χ1) is 9.54. The van der Waals surface area contributed by atoms with Crippen LogP contribution < -0.4 is 11.5 Å². The van der Waals surface area contributed by atoms with Crippen LogP contribution >= 0.6 is 34.3 Å². The average Bonchev–Trinajstić information content (AvgIpc) is 3.05. The zero-order chi connectivity index (χ0) is 14.3. The molecule has 108 valence electrons. The van der Waals surface area contributed by atoms with E-state index >= 15 is 0 Å². The minimum absolute atomic E-state index is 0.132. The maximum Gasteiger partial charge on any atom is 0.180 e. The lowest BCUT2D eigenvalue weighted by atomic mass is 10.2. The van der Waals surface area contributed by atoms with E-state index in [1.54, 1.807) is 11.3 Å². The molecule has 2 aromatic heterocycles. The van der Waals surface area contributed by atoms with Crippen molar-refractivity contribution in [1.29, 1.82) is 0 Å². The maximum absolute atomic E-state index is 6.18. The van der Waals surface area contributed by atoms with E-state index in [0.29, 0.717) is 11.2 Å². The van der Waals surface area contributed by atoms with E-state index in [1.807, 2.05) is 11.4 Å². The number of anilines is 1. The van der Waals surface area contributed by atoms with Gasteiger partial charge in [-0.15, -0.1) is 22.7 Å². The van der Waals surface area contributed by atoms with E-state index in [4.69, 9.17) is 23.1 Å². The van der Waals surface area contributed by atoms with Gasteiger partial charge in [-0.1, -0.05) is 11.6 Å². The van der Waals surface area contributed by atoms with Crippen molar-refractivity contribution in [3.63, 3.8) is 0 Å². The molecular weight excluding hydrogens is 312 g/mol. The zero-order valence-electron chi connectivity index (χ0n) is 11.2. The number of nitrogens with two attached hydrogens (primary N) is 2. The van der Waals surface area contributed by atoms with Gasteiger partial charge in [-0.2, -0.15) is 0 Å². The first kappa shape index (κ1) is 14.3. The summed E-state index contributed by atoms with van der Waals surface area (Å²) in [5.41, 5.74) is 14.1. The second-order valence-corrected chi connectivity index (χ2v) is 7.79. The molecular formula is C13H17ClN4S2. The average molecular weight is 329 g/mol. The van der Waals surface area contributed by atoms with Gasteiger partial charge in [-0.05, 0) is 25.8 Å². The first-order valence-electron chi connectivity index (χ1n) is 6.55. The molecule has 1 saturated heterocycles. The van der Waals surface area contributed by atoms with E-state index in [0.717, 1.165) is 35.0 Å². The van der Waals surface area contributed by atoms with E-state index in [-0.39, 0.29) is 6.17 Å². The van der Waals surface area contributed by atoms with Gasteiger partial charge in [-0.3, -0.25) is 4.90 Å². The number of halogens is 1. The fourth-order valence-electron chi connectivity index (χ4n) is 2.65. The van der Waals surface area contributed by atoms with Gasteiger partial charge in [0.15, 0.2) is 5.13 Å². The Bertz CT molecular complexity index is 599. The highest BCUT2D eigenvalue weighted by molar-refractivity contribution is 7.16. The summed E-state index contributed by atoms with van der Waals surface area (Å²) >= 11 is 9.07. The minimum atomic E-state index is 0.132. The highest BCUT2D eigenvalue weighted by Crippen LogP contribution is 2.36. The summed E-state index contributed by atoms with van der Waals surface area (Å²) in [4.78, 5) is 7.95. The molecule has 4 N–H and O–H groups in total. The van der Waals surface area contributed by atoms with E-state index in [9.17, 15) is 0 Å². The summed E-state index contributed by atoms with van der Waals surface area (Å²) in [5.74, 6) is 0. The molecule has 1 aliphatic heterocycles. The van der Waals surface area contributed by atoms with E-state index in [2.05, 4.69) is 16.8 Å². The molecule has 3 rings (SSSR count). The van der Waals surface area contributed by atoms with Crippen LogP contribution in [0.4, 0.5) is 5.13 Å². The number of rotatable bonds is 3. The Hall–Kier alpha value is -0.660. The number of aromatic nitrogens is 1. The van der Waals surface area contributed by atoms with E-state index < -0.39 is 0 Å². The van der Waals surface area contributed by atoms with Gasteiger partial charge in [0, 0.05) is 28.4 Å². The summed E-state index contributed by atoms with van der Waals surface area (Å²) in [6.45, 7) is 3.03. The molecule has 0 amide bonds. The predicted molar refractivity (Wildman–Crippen MR) is 87.1 cm³/mol. The highest BCUT2D eigenvalue weighted by Gasteiger charge is 2.29. The van der Waals surface area contributed by atoms with Crippen LogP contribution in [-0.4, -0.2) is 22.1 Å². The molecule has 2 atom stereocenters. The van der Waals surface area contributed by atoms with Crippen molar-refractivity contribution < 1.29 is 0 Å².